The second-order valence-corrected chi connectivity index (χ2v) is 7.06. The third-order valence-corrected chi connectivity index (χ3v) is 4.74. The maximum Gasteiger partial charge on any atom is 0.271 e. The van der Waals surface area contributed by atoms with Gasteiger partial charge in [0.25, 0.3) is 5.91 Å². The number of benzene rings is 3. The number of carbonyl (C=O) groups is 1. The first-order valence-corrected chi connectivity index (χ1v) is 10.0. The van der Waals surface area contributed by atoms with Crippen LogP contribution >= 0.6 is 11.6 Å². The Kier molecular flexibility index (Phi) is 7.94. The molecular formula is C24H23ClN2O5. The predicted octanol–water partition coefficient (Wildman–Crippen LogP) is 4.71. The molecule has 3 aromatic rings. The lowest BCUT2D eigenvalue weighted by Gasteiger charge is -2.11. The molecule has 8 heteroatoms. The van der Waals surface area contributed by atoms with Gasteiger partial charge >= 0.3 is 0 Å². The quantitative estimate of drug-likeness (QED) is 0.374. The lowest BCUT2D eigenvalue weighted by Crippen LogP contribution is -2.17. The van der Waals surface area contributed by atoms with Crippen LogP contribution in [0.4, 0.5) is 0 Å². The molecule has 0 aliphatic heterocycles. The molecule has 0 bridgehead atoms. The highest BCUT2D eigenvalue weighted by molar-refractivity contribution is 6.30. The van der Waals surface area contributed by atoms with Gasteiger partial charge in [0.05, 0.1) is 27.5 Å². The van der Waals surface area contributed by atoms with Gasteiger partial charge in [-0.3, -0.25) is 4.79 Å². The van der Waals surface area contributed by atoms with Gasteiger partial charge in [0.15, 0.2) is 11.5 Å². The molecule has 7 nitrogen and oxygen atoms in total. The van der Waals surface area contributed by atoms with Crippen LogP contribution in [-0.4, -0.2) is 33.5 Å². The fourth-order valence-electron chi connectivity index (χ4n) is 2.79. The third kappa shape index (κ3) is 6.15. The zero-order valence-electron chi connectivity index (χ0n) is 17.9. The van der Waals surface area contributed by atoms with Gasteiger partial charge in [-0.15, -0.1) is 0 Å². The molecule has 0 aliphatic rings. The number of nitrogens with zero attached hydrogens (tertiary/aromatic N) is 1. The number of amides is 1. The Bertz CT molecular complexity index is 1080. The van der Waals surface area contributed by atoms with Crippen molar-refractivity contribution >= 4 is 23.7 Å². The van der Waals surface area contributed by atoms with E-state index in [-0.39, 0.29) is 0 Å². The molecule has 0 heterocycles. The van der Waals surface area contributed by atoms with E-state index < -0.39 is 5.91 Å². The smallest absolute Gasteiger partial charge is 0.271 e. The second kappa shape index (κ2) is 11.1. The molecule has 1 N–H and O–H groups in total. The Hall–Kier alpha value is -3.71. The van der Waals surface area contributed by atoms with Gasteiger partial charge in [-0.05, 0) is 53.6 Å². The monoisotopic (exact) mass is 454 g/mol. The van der Waals surface area contributed by atoms with Crippen LogP contribution in [0, 0.1) is 0 Å². The van der Waals surface area contributed by atoms with Crippen LogP contribution in [0.25, 0.3) is 0 Å². The molecule has 0 unspecified atom stereocenters. The second-order valence-electron chi connectivity index (χ2n) is 6.63. The molecule has 0 radical (unpaired) electrons. The Labute approximate surface area is 191 Å². The molecule has 1 amide bonds. The number of hydrogen-bond acceptors (Lipinski definition) is 6. The van der Waals surface area contributed by atoms with E-state index in [4.69, 9.17) is 30.5 Å². The SMILES string of the molecule is COc1cc(OC)cc(C(=O)N/N=C\c2ccc(OCc3ccc(Cl)cc3)c(OC)c2)c1. The Balaban J connectivity index is 1.64. The average Bonchev–Trinajstić information content (AvgIpc) is 2.83. The number of hydrogen-bond donors (Lipinski definition) is 1. The van der Waals surface area contributed by atoms with E-state index >= 15 is 0 Å². The van der Waals surface area contributed by atoms with E-state index in [2.05, 4.69) is 10.5 Å². The van der Waals surface area contributed by atoms with Crippen molar-refractivity contribution in [1.29, 1.82) is 0 Å². The topological polar surface area (TPSA) is 78.4 Å². The van der Waals surface area contributed by atoms with Crippen molar-refractivity contribution in [3.8, 4) is 23.0 Å². The first-order chi connectivity index (χ1) is 15.5. The lowest BCUT2D eigenvalue weighted by atomic mass is 10.2. The minimum absolute atomic E-state index is 0.363. The van der Waals surface area contributed by atoms with Gasteiger partial charge in [-0.1, -0.05) is 23.7 Å². The summed E-state index contributed by atoms with van der Waals surface area (Å²) in [5.74, 6) is 1.77. The van der Waals surface area contributed by atoms with Crippen LogP contribution in [0.1, 0.15) is 21.5 Å². The molecule has 0 aliphatic carbocycles. The zero-order chi connectivity index (χ0) is 22.9. The van der Waals surface area contributed by atoms with Crippen molar-refractivity contribution in [2.24, 2.45) is 5.10 Å². The molecule has 0 spiro atoms. The number of carbonyl (C=O) groups excluding carboxylic acids is 1. The lowest BCUT2D eigenvalue weighted by molar-refractivity contribution is 0.0954. The predicted molar refractivity (Wildman–Crippen MR) is 123 cm³/mol. The average molecular weight is 455 g/mol. The van der Waals surface area contributed by atoms with Crippen molar-refractivity contribution in [3.05, 3.63) is 82.4 Å². The zero-order valence-corrected chi connectivity index (χ0v) is 18.7. The highest BCUT2D eigenvalue weighted by atomic mass is 35.5. The summed E-state index contributed by atoms with van der Waals surface area (Å²) in [5.41, 5.74) is 4.56. The molecular weight excluding hydrogens is 432 g/mol. The largest absolute Gasteiger partial charge is 0.497 e. The van der Waals surface area contributed by atoms with Gasteiger partial charge in [-0.25, -0.2) is 5.43 Å². The molecule has 0 saturated heterocycles. The summed E-state index contributed by atoms with van der Waals surface area (Å²) in [7, 11) is 4.60. The van der Waals surface area contributed by atoms with Gasteiger partial charge < -0.3 is 18.9 Å². The number of hydrazone groups is 1. The summed E-state index contributed by atoms with van der Waals surface area (Å²) < 4.78 is 21.6. The molecule has 32 heavy (non-hydrogen) atoms. The fourth-order valence-corrected chi connectivity index (χ4v) is 2.92. The molecule has 0 fully saturated rings. The van der Waals surface area contributed by atoms with Crippen molar-refractivity contribution in [2.75, 3.05) is 21.3 Å². The number of ether oxygens (including phenoxy) is 4. The van der Waals surface area contributed by atoms with E-state index in [1.54, 1.807) is 37.4 Å². The highest BCUT2D eigenvalue weighted by Crippen LogP contribution is 2.28. The van der Waals surface area contributed by atoms with Crippen LogP contribution in [-0.2, 0) is 6.61 Å². The molecule has 0 saturated carbocycles. The standard InChI is InChI=1S/C24H23ClN2O5/c1-29-20-11-18(12-21(13-20)30-2)24(28)27-26-14-17-6-9-22(23(10-17)31-3)32-15-16-4-7-19(25)8-5-16/h4-14H,15H2,1-3H3,(H,27,28)/b26-14-. The Morgan fingerprint density at radius 3 is 2.22 bits per heavy atom. The van der Waals surface area contributed by atoms with Crippen LogP contribution in [0.5, 0.6) is 23.0 Å². The van der Waals surface area contributed by atoms with Crippen LogP contribution in [0.3, 0.4) is 0 Å². The summed E-state index contributed by atoms with van der Waals surface area (Å²) in [6, 6.07) is 17.7. The summed E-state index contributed by atoms with van der Waals surface area (Å²) in [4.78, 5) is 12.4. The summed E-state index contributed by atoms with van der Waals surface area (Å²) in [6.45, 7) is 0.376. The van der Waals surface area contributed by atoms with Crippen molar-refractivity contribution in [1.82, 2.24) is 5.43 Å². The summed E-state index contributed by atoms with van der Waals surface area (Å²) in [6.07, 6.45) is 1.51. The fraction of sp³-hybridized carbons (Fsp3) is 0.167. The van der Waals surface area contributed by atoms with Crippen LogP contribution in [0.2, 0.25) is 5.02 Å². The Morgan fingerprint density at radius 1 is 0.906 bits per heavy atom. The van der Waals surface area contributed by atoms with Gasteiger partial charge in [0.1, 0.15) is 18.1 Å². The maximum atomic E-state index is 12.4. The van der Waals surface area contributed by atoms with E-state index in [1.165, 1.54) is 20.4 Å². The summed E-state index contributed by atoms with van der Waals surface area (Å²) >= 11 is 5.91. The number of rotatable bonds is 9. The van der Waals surface area contributed by atoms with Gasteiger partial charge in [0, 0.05) is 16.7 Å². The van der Waals surface area contributed by atoms with E-state index in [0.29, 0.717) is 40.2 Å². The maximum absolute atomic E-state index is 12.4. The Morgan fingerprint density at radius 2 is 1.59 bits per heavy atom. The normalized spacial score (nSPS) is 10.6. The third-order valence-electron chi connectivity index (χ3n) is 4.49. The van der Waals surface area contributed by atoms with Crippen molar-refractivity contribution in [2.45, 2.75) is 6.61 Å². The number of nitrogens with one attached hydrogen (secondary N) is 1. The first-order valence-electron chi connectivity index (χ1n) is 9.64. The van der Waals surface area contributed by atoms with Crippen molar-refractivity contribution < 1.29 is 23.7 Å². The molecule has 0 atom stereocenters. The van der Waals surface area contributed by atoms with E-state index in [0.717, 1.165) is 11.1 Å². The van der Waals surface area contributed by atoms with Crippen LogP contribution in [0.15, 0.2) is 65.8 Å². The number of halogens is 1. The molecule has 0 aromatic heterocycles. The van der Waals surface area contributed by atoms with Gasteiger partial charge in [0.2, 0.25) is 0 Å². The van der Waals surface area contributed by atoms with Crippen molar-refractivity contribution in [3.63, 3.8) is 0 Å². The number of methoxy groups -OCH3 is 3. The molecule has 166 valence electrons. The molecule has 3 rings (SSSR count). The van der Waals surface area contributed by atoms with E-state index in [9.17, 15) is 4.79 Å². The van der Waals surface area contributed by atoms with E-state index in [1.807, 2.05) is 30.3 Å². The molecule has 3 aromatic carbocycles. The summed E-state index contributed by atoms with van der Waals surface area (Å²) in [5, 5.41) is 4.69. The highest BCUT2D eigenvalue weighted by Gasteiger charge is 2.10. The van der Waals surface area contributed by atoms with Crippen LogP contribution < -0.4 is 24.4 Å². The first kappa shape index (κ1) is 23.0. The minimum Gasteiger partial charge on any atom is -0.497 e. The minimum atomic E-state index is -0.395. The van der Waals surface area contributed by atoms with Gasteiger partial charge in [-0.2, -0.15) is 5.10 Å².